The molecule has 5 heteroatoms. The maximum atomic E-state index is 9.00. The van der Waals surface area contributed by atoms with Crippen LogP contribution >= 0.6 is 0 Å². The smallest absolute Gasteiger partial charge is 0.122 e. The number of carbonyl (C=O) groups excluding carboxylic acids is 1. The fourth-order valence-electron chi connectivity index (χ4n) is 1.43. The average molecular weight is 291 g/mol. The second kappa shape index (κ2) is 11.2. The van der Waals surface area contributed by atoms with Crippen molar-refractivity contribution in [1.29, 1.82) is 0 Å². The Labute approximate surface area is 124 Å². The van der Waals surface area contributed by atoms with Crippen LogP contribution in [0.5, 0.6) is 17.2 Å². The van der Waals surface area contributed by atoms with E-state index in [1.54, 1.807) is 43.5 Å². The molecule has 2 rings (SSSR count). The number of aromatic hydroxyl groups is 2. The molecule has 2 aromatic carbocycles. The molecule has 0 aliphatic rings. The molecule has 0 fully saturated rings. The Balaban J connectivity index is 0.000000342. The van der Waals surface area contributed by atoms with Gasteiger partial charge in [0.1, 0.15) is 24.0 Å². The second-order valence-electron chi connectivity index (χ2n) is 3.78. The van der Waals surface area contributed by atoms with E-state index < -0.39 is 0 Å². The summed E-state index contributed by atoms with van der Waals surface area (Å²) >= 11 is 0. The van der Waals surface area contributed by atoms with E-state index in [2.05, 4.69) is 5.32 Å². The third-order valence-electron chi connectivity index (χ3n) is 2.28. The van der Waals surface area contributed by atoms with Crippen LogP contribution in [0.25, 0.3) is 0 Å². The number of hydrogen-bond acceptors (Lipinski definition) is 5. The Morgan fingerprint density at radius 2 is 1.62 bits per heavy atom. The molecule has 3 N–H and O–H groups in total. The van der Waals surface area contributed by atoms with E-state index >= 15 is 0 Å². The average Bonchev–Trinajstić information content (AvgIpc) is 2.50. The Morgan fingerprint density at radius 3 is 2.05 bits per heavy atom. The Kier molecular flexibility index (Phi) is 9.73. The lowest BCUT2D eigenvalue weighted by Crippen LogP contribution is -1.94. The first kappa shape index (κ1) is 18.3. The number of phenols is 2. The lowest BCUT2D eigenvalue weighted by atomic mass is 10.3. The molecule has 0 spiro atoms. The minimum atomic E-state index is 0.231. The predicted molar refractivity (Wildman–Crippen MR) is 84.1 cm³/mol. The normalized spacial score (nSPS) is 8.48. The van der Waals surface area contributed by atoms with Crippen LogP contribution in [0.1, 0.15) is 6.92 Å². The van der Waals surface area contributed by atoms with Gasteiger partial charge in [-0.15, -0.1) is 0 Å². The van der Waals surface area contributed by atoms with Crippen LogP contribution in [-0.4, -0.2) is 30.7 Å². The zero-order valence-electron chi connectivity index (χ0n) is 12.2. The maximum absolute atomic E-state index is 9.00. The van der Waals surface area contributed by atoms with Crippen molar-refractivity contribution >= 4 is 12.5 Å². The topological polar surface area (TPSA) is 78.8 Å². The Morgan fingerprint density at radius 1 is 1.05 bits per heavy atom. The van der Waals surface area contributed by atoms with Crippen LogP contribution in [0.2, 0.25) is 0 Å². The van der Waals surface area contributed by atoms with Gasteiger partial charge < -0.3 is 25.1 Å². The molecule has 0 aliphatic heterocycles. The van der Waals surface area contributed by atoms with E-state index in [1.165, 1.54) is 0 Å². The van der Waals surface area contributed by atoms with Gasteiger partial charge in [0.05, 0.1) is 7.11 Å². The van der Waals surface area contributed by atoms with Crippen LogP contribution in [0.4, 0.5) is 5.69 Å². The molecule has 0 heterocycles. The molecule has 0 aromatic heterocycles. The van der Waals surface area contributed by atoms with Gasteiger partial charge in [0.15, 0.2) is 0 Å². The zero-order chi connectivity index (χ0) is 16.1. The lowest BCUT2D eigenvalue weighted by Gasteiger charge is -2.01. The van der Waals surface area contributed by atoms with Gasteiger partial charge >= 0.3 is 0 Å². The van der Waals surface area contributed by atoms with Crippen molar-refractivity contribution in [1.82, 2.24) is 0 Å². The highest BCUT2D eigenvalue weighted by molar-refractivity contribution is 5.47. The first-order valence-corrected chi connectivity index (χ1v) is 6.30. The fraction of sp³-hybridized carbons (Fsp3) is 0.188. The van der Waals surface area contributed by atoms with Crippen molar-refractivity contribution in [2.24, 2.45) is 0 Å². The Bertz CT molecular complexity index is 517. The van der Waals surface area contributed by atoms with Gasteiger partial charge in [-0.3, -0.25) is 0 Å². The number of anilines is 1. The van der Waals surface area contributed by atoms with Gasteiger partial charge in [0, 0.05) is 24.4 Å². The van der Waals surface area contributed by atoms with E-state index in [0.717, 1.165) is 12.2 Å². The standard InChI is InChI=1S/C8H11NO.C7H8O2.CH2O/c1-2-9-7-4-3-5-8(10)6-7;1-9-7-4-2-3-6(8)5-7;1-2/h3-6,9-10H,2H2,1H3;2-5,8H,1H3;1H2. The third kappa shape index (κ3) is 8.15. The highest BCUT2D eigenvalue weighted by Crippen LogP contribution is 2.16. The van der Waals surface area contributed by atoms with Gasteiger partial charge in [-0.05, 0) is 31.2 Å². The summed E-state index contributed by atoms with van der Waals surface area (Å²) in [7, 11) is 1.56. The molecule has 0 unspecified atom stereocenters. The van der Waals surface area contributed by atoms with E-state index in [4.69, 9.17) is 19.7 Å². The van der Waals surface area contributed by atoms with Gasteiger partial charge in [-0.1, -0.05) is 12.1 Å². The summed E-state index contributed by atoms with van der Waals surface area (Å²) in [5, 5.41) is 21.0. The van der Waals surface area contributed by atoms with Crippen LogP contribution in [0, 0.1) is 0 Å². The van der Waals surface area contributed by atoms with Crippen molar-refractivity contribution in [2.45, 2.75) is 6.92 Å². The summed E-state index contributed by atoms with van der Waals surface area (Å²) in [6.07, 6.45) is 0. The van der Waals surface area contributed by atoms with Crippen molar-refractivity contribution in [3.8, 4) is 17.2 Å². The number of carbonyl (C=O) groups is 1. The van der Waals surface area contributed by atoms with Crippen molar-refractivity contribution in [2.75, 3.05) is 19.0 Å². The number of ether oxygens (including phenoxy) is 1. The number of hydrogen-bond donors (Lipinski definition) is 3. The summed E-state index contributed by atoms with van der Waals surface area (Å²) in [6.45, 7) is 4.90. The molecular formula is C16H21NO4. The highest BCUT2D eigenvalue weighted by Gasteiger charge is 1.89. The minimum absolute atomic E-state index is 0.231. The number of benzene rings is 2. The first-order chi connectivity index (χ1) is 10.2. The van der Waals surface area contributed by atoms with Crippen molar-refractivity contribution < 1.29 is 19.7 Å². The monoisotopic (exact) mass is 291 g/mol. The molecule has 0 radical (unpaired) electrons. The molecule has 0 amide bonds. The van der Waals surface area contributed by atoms with Crippen molar-refractivity contribution in [3.63, 3.8) is 0 Å². The molecule has 0 bridgehead atoms. The molecule has 2 aromatic rings. The van der Waals surface area contributed by atoms with E-state index in [0.29, 0.717) is 11.5 Å². The van der Waals surface area contributed by atoms with Gasteiger partial charge in [0.25, 0.3) is 0 Å². The van der Waals surface area contributed by atoms with Gasteiger partial charge in [-0.2, -0.15) is 0 Å². The number of phenolic OH excluding ortho intramolecular Hbond substituents is 2. The van der Waals surface area contributed by atoms with Crippen LogP contribution in [0.15, 0.2) is 48.5 Å². The van der Waals surface area contributed by atoms with Gasteiger partial charge in [0.2, 0.25) is 0 Å². The van der Waals surface area contributed by atoms with Gasteiger partial charge in [-0.25, -0.2) is 0 Å². The van der Waals surface area contributed by atoms with E-state index in [1.807, 2.05) is 25.8 Å². The van der Waals surface area contributed by atoms with Crippen LogP contribution in [0.3, 0.4) is 0 Å². The summed E-state index contributed by atoms with van der Waals surface area (Å²) in [6, 6.07) is 13.7. The van der Waals surface area contributed by atoms with E-state index in [9.17, 15) is 0 Å². The summed E-state index contributed by atoms with van der Waals surface area (Å²) < 4.78 is 4.84. The molecule has 21 heavy (non-hydrogen) atoms. The van der Waals surface area contributed by atoms with Crippen LogP contribution in [-0.2, 0) is 4.79 Å². The summed E-state index contributed by atoms with van der Waals surface area (Å²) in [4.78, 5) is 8.00. The van der Waals surface area contributed by atoms with Crippen molar-refractivity contribution in [3.05, 3.63) is 48.5 Å². The summed E-state index contributed by atoms with van der Waals surface area (Å²) in [5.74, 6) is 1.21. The number of methoxy groups -OCH3 is 1. The third-order valence-corrected chi connectivity index (χ3v) is 2.28. The number of rotatable bonds is 3. The molecule has 0 atom stereocenters. The SMILES string of the molecule is C=O.CCNc1cccc(O)c1.COc1cccc(O)c1. The first-order valence-electron chi connectivity index (χ1n) is 6.30. The highest BCUT2D eigenvalue weighted by atomic mass is 16.5. The molecule has 0 aliphatic carbocycles. The predicted octanol–water partition coefficient (Wildman–Crippen LogP) is 3.04. The molecular weight excluding hydrogens is 270 g/mol. The van der Waals surface area contributed by atoms with Crippen LogP contribution < -0.4 is 10.1 Å². The Hall–Kier alpha value is -2.69. The zero-order valence-corrected chi connectivity index (χ0v) is 12.2. The number of nitrogens with one attached hydrogen (secondary N) is 1. The molecule has 0 saturated carbocycles. The fourth-order valence-corrected chi connectivity index (χ4v) is 1.43. The minimum Gasteiger partial charge on any atom is -0.508 e. The lowest BCUT2D eigenvalue weighted by molar-refractivity contribution is -0.0979. The second-order valence-corrected chi connectivity index (χ2v) is 3.78. The molecule has 114 valence electrons. The molecule has 5 nitrogen and oxygen atoms in total. The quantitative estimate of drug-likeness (QED) is 0.810. The molecule has 0 saturated heterocycles. The summed E-state index contributed by atoms with van der Waals surface area (Å²) in [5.41, 5.74) is 0.961. The largest absolute Gasteiger partial charge is 0.508 e. The van der Waals surface area contributed by atoms with E-state index in [-0.39, 0.29) is 5.75 Å². The maximum Gasteiger partial charge on any atom is 0.122 e.